The van der Waals surface area contributed by atoms with Crippen LogP contribution in [0.2, 0.25) is 0 Å². The molecule has 0 fully saturated rings. The third-order valence-corrected chi connectivity index (χ3v) is 3.47. The molecule has 1 rings (SSSR count). The van der Waals surface area contributed by atoms with Crippen molar-refractivity contribution < 1.29 is 9.32 Å². The van der Waals surface area contributed by atoms with Crippen LogP contribution in [0.15, 0.2) is 15.6 Å². The van der Waals surface area contributed by atoms with Crippen LogP contribution in [0, 0.1) is 5.41 Å². The Morgan fingerprint density at radius 1 is 1.35 bits per heavy atom. The molecule has 0 aliphatic heterocycles. The standard InChI is InChI=1S/C16H29N5O2/c1-7-18-14(22)16(4,5)10-20-15(17-6)19-9-12-8-13(11(2)3)21-23-12/h8,11H,7,9-10H2,1-6H3,(H,18,22)(H2,17,19,20). The number of hydrogen-bond acceptors (Lipinski definition) is 4. The summed E-state index contributed by atoms with van der Waals surface area (Å²) in [7, 11) is 1.69. The number of guanidine groups is 1. The highest BCUT2D eigenvalue weighted by Crippen LogP contribution is 2.14. The van der Waals surface area contributed by atoms with Gasteiger partial charge in [-0.05, 0) is 26.7 Å². The van der Waals surface area contributed by atoms with Crippen LogP contribution in [-0.4, -0.2) is 37.2 Å². The van der Waals surface area contributed by atoms with Crippen LogP contribution in [0.3, 0.4) is 0 Å². The Kier molecular flexibility index (Phi) is 7.06. The summed E-state index contributed by atoms with van der Waals surface area (Å²) < 4.78 is 5.28. The summed E-state index contributed by atoms with van der Waals surface area (Å²) in [4.78, 5) is 16.1. The van der Waals surface area contributed by atoms with Crippen LogP contribution in [-0.2, 0) is 11.3 Å². The molecular formula is C16H29N5O2. The Balaban J connectivity index is 2.50. The molecule has 1 aromatic heterocycles. The second-order valence-electron chi connectivity index (χ2n) is 6.40. The van der Waals surface area contributed by atoms with Crippen molar-refractivity contribution in [2.45, 2.75) is 47.1 Å². The molecule has 7 heteroatoms. The van der Waals surface area contributed by atoms with E-state index in [4.69, 9.17) is 4.52 Å². The zero-order valence-corrected chi connectivity index (χ0v) is 15.0. The average Bonchev–Trinajstić information content (AvgIpc) is 2.96. The van der Waals surface area contributed by atoms with E-state index in [2.05, 4.69) is 39.9 Å². The van der Waals surface area contributed by atoms with Crippen LogP contribution in [0.5, 0.6) is 0 Å². The Bertz CT molecular complexity index is 534. The second-order valence-corrected chi connectivity index (χ2v) is 6.40. The average molecular weight is 323 g/mol. The molecule has 0 bridgehead atoms. The van der Waals surface area contributed by atoms with Gasteiger partial charge < -0.3 is 20.5 Å². The van der Waals surface area contributed by atoms with Gasteiger partial charge in [-0.15, -0.1) is 0 Å². The zero-order valence-electron chi connectivity index (χ0n) is 15.0. The maximum atomic E-state index is 12.0. The van der Waals surface area contributed by atoms with Gasteiger partial charge >= 0.3 is 0 Å². The van der Waals surface area contributed by atoms with E-state index in [-0.39, 0.29) is 5.91 Å². The Morgan fingerprint density at radius 3 is 2.57 bits per heavy atom. The fourth-order valence-electron chi connectivity index (χ4n) is 1.86. The molecule has 0 saturated carbocycles. The molecule has 130 valence electrons. The SMILES string of the molecule is CCNC(=O)C(C)(C)CNC(=NC)NCc1cc(C(C)C)no1. The van der Waals surface area contributed by atoms with Crippen molar-refractivity contribution in [3.05, 3.63) is 17.5 Å². The van der Waals surface area contributed by atoms with Gasteiger partial charge in [0.2, 0.25) is 5.91 Å². The van der Waals surface area contributed by atoms with Crippen molar-refractivity contribution in [1.82, 2.24) is 21.1 Å². The summed E-state index contributed by atoms with van der Waals surface area (Å²) in [6.07, 6.45) is 0. The first-order valence-corrected chi connectivity index (χ1v) is 7.98. The van der Waals surface area contributed by atoms with Gasteiger partial charge in [-0.2, -0.15) is 0 Å². The van der Waals surface area contributed by atoms with E-state index in [9.17, 15) is 4.79 Å². The molecule has 3 N–H and O–H groups in total. The van der Waals surface area contributed by atoms with Crippen LogP contribution in [0.1, 0.15) is 52.0 Å². The zero-order chi connectivity index (χ0) is 17.5. The largest absolute Gasteiger partial charge is 0.359 e. The predicted octanol–water partition coefficient (Wildman–Crippen LogP) is 1.63. The van der Waals surface area contributed by atoms with Gasteiger partial charge in [0.15, 0.2) is 11.7 Å². The van der Waals surface area contributed by atoms with Gasteiger partial charge in [0.25, 0.3) is 0 Å². The van der Waals surface area contributed by atoms with Crippen molar-refractivity contribution in [2.24, 2.45) is 10.4 Å². The molecule has 0 aromatic carbocycles. The number of aromatic nitrogens is 1. The van der Waals surface area contributed by atoms with Crippen LogP contribution in [0.25, 0.3) is 0 Å². The molecule has 0 saturated heterocycles. The lowest BCUT2D eigenvalue weighted by Crippen LogP contribution is -2.47. The molecule has 0 aliphatic rings. The lowest BCUT2D eigenvalue weighted by molar-refractivity contribution is -0.128. The second kappa shape index (κ2) is 8.55. The minimum Gasteiger partial charge on any atom is -0.359 e. The summed E-state index contributed by atoms with van der Waals surface area (Å²) in [6, 6.07) is 1.93. The first-order valence-electron chi connectivity index (χ1n) is 7.98. The summed E-state index contributed by atoms with van der Waals surface area (Å²) in [5.41, 5.74) is 0.409. The summed E-state index contributed by atoms with van der Waals surface area (Å²) >= 11 is 0. The van der Waals surface area contributed by atoms with Gasteiger partial charge in [0.1, 0.15) is 0 Å². The fraction of sp³-hybridized carbons (Fsp3) is 0.688. The number of carbonyl (C=O) groups is 1. The highest BCUT2D eigenvalue weighted by molar-refractivity contribution is 5.84. The minimum absolute atomic E-state index is 0.0137. The summed E-state index contributed by atoms with van der Waals surface area (Å²) in [6.45, 7) is 11.4. The quantitative estimate of drug-likeness (QED) is 0.524. The van der Waals surface area contributed by atoms with Crippen molar-refractivity contribution in [3.8, 4) is 0 Å². The number of carbonyl (C=O) groups excluding carboxylic acids is 1. The highest BCUT2D eigenvalue weighted by Gasteiger charge is 2.27. The van der Waals surface area contributed by atoms with Crippen molar-refractivity contribution in [3.63, 3.8) is 0 Å². The molecule has 7 nitrogen and oxygen atoms in total. The van der Waals surface area contributed by atoms with E-state index in [0.29, 0.717) is 31.5 Å². The third-order valence-electron chi connectivity index (χ3n) is 3.47. The Hall–Kier alpha value is -2.05. The van der Waals surface area contributed by atoms with Gasteiger partial charge in [-0.3, -0.25) is 9.79 Å². The van der Waals surface area contributed by atoms with Crippen LogP contribution < -0.4 is 16.0 Å². The molecule has 23 heavy (non-hydrogen) atoms. The Morgan fingerprint density at radius 2 is 2.04 bits per heavy atom. The molecule has 1 amide bonds. The van der Waals surface area contributed by atoms with Crippen molar-refractivity contribution in [2.75, 3.05) is 20.1 Å². The van der Waals surface area contributed by atoms with E-state index < -0.39 is 5.41 Å². The van der Waals surface area contributed by atoms with E-state index in [1.54, 1.807) is 7.05 Å². The molecular weight excluding hydrogens is 294 g/mol. The molecule has 0 aliphatic carbocycles. The number of nitrogens with zero attached hydrogens (tertiary/aromatic N) is 2. The topological polar surface area (TPSA) is 91.5 Å². The molecule has 0 unspecified atom stereocenters. The first-order chi connectivity index (χ1) is 10.8. The van der Waals surface area contributed by atoms with Crippen LogP contribution >= 0.6 is 0 Å². The number of nitrogens with one attached hydrogen (secondary N) is 3. The smallest absolute Gasteiger partial charge is 0.227 e. The monoisotopic (exact) mass is 323 g/mol. The maximum absolute atomic E-state index is 12.0. The van der Waals surface area contributed by atoms with Crippen molar-refractivity contribution >= 4 is 11.9 Å². The molecule has 0 spiro atoms. The van der Waals surface area contributed by atoms with Gasteiger partial charge in [0, 0.05) is 26.2 Å². The Labute approximate surface area is 138 Å². The first kappa shape index (κ1) is 19.0. The van der Waals surface area contributed by atoms with Crippen molar-refractivity contribution in [1.29, 1.82) is 0 Å². The number of aliphatic imine (C=N–C) groups is 1. The highest BCUT2D eigenvalue weighted by atomic mass is 16.5. The summed E-state index contributed by atoms with van der Waals surface area (Å²) in [5.74, 6) is 1.71. The van der Waals surface area contributed by atoms with E-state index >= 15 is 0 Å². The van der Waals surface area contributed by atoms with E-state index in [1.165, 1.54) is 0 Å². The summed E-state index contributed by atoms with van der Waals surface area (Å²) in [5, 5.41) is 13.2. The van der Waals surface area contributed by atoms with E-state index in [0.717, 1.165) is 11.5 Å². The minimum atomic E-state index is -0.523. The molecule has 1 heterocycles. The number of hydrogen-bond donors (Lipinski definition) is 3. The molecule has 1 aromatic rings. The van der Waals surface area contributed by atoms with Gasteiger partial charge in [-0.1, -0.05) is 19.0 Å². The lowest BCUT2D eigenvalue weighted by Gasteiger charge is -2.24. The van der Waals surface area contributed by atoms with E-state index in [1.807, 2.05) is 26.8 Å². The number of rotatable bonds is 7. The van der Waals surface area contributed by atoms with Gasteiger partial charge in [-0.25, -0.2) is 0 Å². The fourth-order valence-corrected chi connectivity index (χ4v) is 1.86. The third kappa shape index (κ3) is 5.92. The number of amides is 1. The molecule has 0 atom stereocenters. The maximum Gasteiger partial charge on any atom is 0.227 e. The van der Waals surface area contributed by atoms with Crippen LogP contribution in [0.4, 0.5) is 0 Å². The predicted molar refractivity (Wildman–Crippen MR) is 91.3 cm³/mol. The van der Waals surface area contributed by atoms with Gasteiger partial charge in [0.05, 0.1) is 17.7 Å². The lowest BCUT2D eigenvalue weighted by atomic mass is 9.92. The molecule has 0 radical (unpaired) electrons. The normalized spacial score (nSPS) is 12.4.